The van der Waals surface area contributed by atoms with Crippen molar-refractivity contribution in [2.75, 3.05) is 21.2 Å². The Morgan fingerprint density at radius 3 is 2.35 bits per heavy atom. The van der Waals surface area contributed by atoms with E-state index in [0.29, 0.717) is 5.56 Å². The van der Waals surface area contributed by atoms with Gasteiger partial charge in [-0.3, -0.25) is 0 Å². The van der Waals surface area contributed by atoms with E-state index in [9.17, 15) is 9.50 Å². The van der Waals surface area contributed by atoms with Gasteiger partial charge in [0.05, 0.1) is 13.2 Å². The summed E-state index contributed by atoms with van der Waals surface area (Å²) in [4.78, 5) is 2.04. The number of hydrogen-bond donors (Lipinski definition) is 1. The Balaban J connectivity index is 3.03. The Morgan fingerprint density at radius 2 is 1.90 bits per heavy atom. The van der Waals surface area contributed by atoms with Crippen molar-refractivity contribution in [1.29, 1.82) is 0 Å². The molecule has 0 fully saturated rings. The summed E-state index contributed by atoms with van der Waals surface area (Å²) in [7, 11) is 5.36. The minimum atomic E-state index is -0.630. The third kappa shape index (κ3) is 3.13. The smallest absolute Gasteiger partial charge is 0.168 e. The van der Waals surface area contributed by atoms with E-state index in [1.807, 2.05) is 19.0 Å². The van der Waals surface area contributed by atoms with E-state index < -0.39 is 6.10 Å². The molecular formula is C16H26FNO2. The molecule has 4 heteroatoms. The second kappa shape index (κ2) is 7.04. The molecule has 0 spiro atoms. The fraction of sp³-hybridized carbons (Fsp3) is 0.625. The van der Waals surface area contributed by atoms with Crippen LogP contribution in [0.25, 0.3) is 0 Å². The average molecular weight is 283 g/mol. The lowest BCUT2D eigenvalue weighted by Crippen LogP contribution is -2.53. The Hall–Kier alpha value is -1.13. The molecule has 0 aliphatic rings. The molecule has 0 saturated carbocycles. The van der Waals surface area contributed by atoms with Gasteiger partial charge in [0.25, 0.3) is 0 Å². The van der Waals surface area contributed by atoms with Gasteiger partial charge in [-0.15, -0.1) is 0 Å². The monoisotopic (exact) mass is 283 g/mol. The van der Waals surface area contributed by atoms with Crippen molar-refractivity contribution in [3.63, 3.8) is 0 Å². The molecule has 1 N–H and O–H groups in total. The Kier molecular flexibility index (Phi) is 5.96. The molecule has 0 aliphatic heterocycles. The first kappa shape index (κ1) is 16.9. The second-order valence-electron chi connectivity index (χ2n) is 5.36. The zero-order valence-corrected chi connectivity index (χ0v) is 13.1. The van der Waals surface area contributed by atoms with Crippen LogP contribution in [0.5, 0.6) is 5.75 Å². The first-order chi connectivity index (χ1) is 9.42. The van der Waals surface area contributed by atoms with Crippen molar-refractivity contribution < 1.29 is 14.2 Å². The van der Waals surface area contributed by atoms with E-state index in [0.717, 1.165) is 12.8 Å². The fourth-order valence-corrected chi connectivity index (χ4v) is 2.92. The van der Waals surface area contributed by atoms with Crippen LogP contribution in [0.2, 0.25) is 0 Å². The Labute approximate surface area is 121 Å². The zero-order chi connectivity index (χ0) is 15.3. The number of methoxy groups -OCH3 is 1. The highest BCUT2D eigenvalue weighted by atomic mass is 19.1. The van der Waals surface area contributed by atoms with Crippen molar-refractivity contribution >= 4 is 0 Å². The van der Waals surface area contributed by atoms with Gasteiger partial charge in [0.1, 0.15) is 0 Å². The molecule has 0 radical (unpaired) electrons. The van der Waals surface area contributed by atoms with E-state index in [1.54, 1.807) is 18.2 Å². The predicted octanol–water partition coefficient (Wildman–Crippen LogP) is 2.86. The minimum absolute atomic E-state index is 0.221. The van der Waals surface area contributed by atoms with Crippen molar-refractivity contribution in [2.45, 2.75) is 44.8 Å². The van der Waals surface area contributed by atoms with E-state index in [-0.39, 0.29) is 23.5 Å². The summed E-state index contributed by atoms with van der Waals surface area (Å²) in [6.45, 7) is 4.10. The maximum absolute atomic E-state index is 14.2. The topological polar surface area (TPSA) is 32.7 Å². The first-order valence-corrected chi connectivity index (χ1v) is 7.09. The van der Waals surface area contributed by atoms with Gasteiger partial charge in [0, 0.05) is 12.0 Å². The molecule has 1 atom stereocenters. The molecule has 1 unspecified atom stereocenters. The van der Waals surface area contributed by atoms with E-state index in [1.165, 1.54) is 7.11 Å². The number of likely N-dealkylation sites (N-methyl/N-ethyl adjacent to an activating group) is 1. The number of nitrogens with zero attached hydrogens (tertiary/aromatic N) is 1. The summed E-state index contributed by atoms with van der Waals surface area (Å²) in [6, 6.07) is 5.04. The minimum Gasteiger partial charge on any atom is -0.494 e. The lowest BCUT2D eigenvalue weighted by Gasteiger charge is -2.42. The van der Waals surface area contributed by atoms with Gasteiger partial charge < -0.3 is 14.7 Å². The van der Waals surface area contributed by atoms with E-state index in [4.69, 9.17) is 4.74 Å². The summed E-state index contributed by atoms with van der Waals surface area (Å²) in [6.07, 6.45) is 1.27. The lowest BCUT2D eigenvalue weighted by atomic mass is 9.82. The molecular weight excluding hydrogens is 257 g/mol. The number of rotatable bonds is 7. The first-order valence-electron chi connectivity index (χ1n) is 7.09. The summed E-state index contributed by atoms with van der Waals surface area (Å²) >= 11 is 0. The van der Waals surface area contributed by atoms with Gasteiger partial charge in [-0.2, -0.15) is 0 Å². The molecule has 0 saturated heterocycles. The number of ether oxygens (including phenoxy) is 1. The number of benzene rings is 1. The molecule has 0 amide bonds. The number of aliphatic hydroxyl groups is 1. The molecule has 20 heavy (non-hydrogen) atoms. The summed E-state index contributed by atoms with van der Waals surface area (Å²) in [5, 5.41) is 10.6. The van der Waals surface area contributed by atoms with E-state index in [2.05, 4.69) is 13.8 Å². The summed E-state index contributed by atoms with van der Waals surface area (Å²) < 4.78 is 19.2. The second-order valence-corrected chi connectivity index (χ2v) is 5.36. The van der Waals surface area contributed by atoms with E-state index >= 15 is 0 Å². The van der Waals surface area contributed by atoms with Crippen LogP contribution < -0.4 is 4.74 Å². The van der Waals surface area contributed by atoms with Gasteiger partial charge in [-0.1, -0.05) is 26.0 Å². The van der Waals surface area contributed by atoms with Gasteiger partial charge in [0.15, 0.2) is 11.6 Å². The van der Waals surface area contributed by atoms with Gasteiger partial charge in [-0.25, -0.2) is 4.39 Å². The summed E-state index contributed by atoms with van der Waals surface area (Å²) in [5.74, 6) is -0.160. The van der Waals surface area contributed by atoms with Crippen LogP contribution in [0, 0.1) is 5.82 Å². The van der Waals surface area contributed by atoms with Crippen LogP contribution in [0.4, 0.5) is 4.39 Å². The van der Waals surface area contributed by atoms with Crippen LogP contribution in [-0.2, 0) is 6.42 Å². The average Bonchev–Trinajstić information content (AvgIpc) is 2.42. The van der Waals surface area contributed by atoms with Gasteiger partial charge >= 0.3 is 0 Å². The third-order valence-corrected chi connectivity index (χ3v) is 4.41. The molecule has 3 nitrogen and oxygen atoms in total. The molecule has 0 heterocycles. The SMILES string of the molecule is CCC(CC)(C(O)Cc1cccc(OC)c1F)N(C)C. The normalized spacial score (nSPS) is 13.6. The van der Waals surface area contributed by atoms with Crippen molar-refractivity contribution in [3.05, 3.63) is 29.6 Å². The molecule has 1 aromatic rings. The fourth-order valence-electron chi connectivity index (χ4n) is 2.92. The van der Waals surface area contributed by atoms with Crippen molar-refractivity contribution in [1.82, 2.24) is 4.90 Å². The highest BCUT2D eigenvalue weighted by Crippen LogP contribution is 2.30. The molecule has 1 aromatic carbocycles. The van der Waals surface area contributed by atoms with Crippen LogP contribution >= 0.6 is 0 Å². The highest BCUT2D eigenvalue weighted by Gasteiger charge is 2.37. The maximum Gasteiger partial charge on any atom is 0.168 e. The Bertz CT molecular complexity index is 430. The third-order valence-electron chi connectivity index (χ3n) is 4.41. The summed E-state index contributed by atoms with van der Waals surface area (Å²) in [5.41, 5.74) is 0.153. The molecule has 0 bridgehead atoms. The Morgan fingerprint density at radius 1 is 1.30 bits per heavy atom. The van der Waals surface area contributed by atoms with Crippen molar-refractivity contribution in [2.24, 2.45) is 0 Å². The zero-order valence-electron chi connectivity index (χ0n) is 13.1. The van der Waals surface area contributed by atoms with Crippen LogP contribution in [0.3, 0.4) is 0 Å². The lowest BCUT2D eigenvalue weighted by molar-refractivity contribution is -0.0130. The van der Waals surface area contributed by atoms with Crippen LogP contribution in [0.1, 0.15) is 32.3 Å². The van der Waals surface area contributed by atoms with Gasteiger partial charge in [-0.05, 0) is 38.6 Å². The standard InChI is InChI=1S/C16H26FNO2/c1-6-16(7-2,18(3)4)14(19)11-12-9-8-10-13(20-5)15(12)17/h8-10,14,19H,6-7,11H2,1-5H3. The molecule has 0 aliphatic carbocycles. The molecule has 0 aromatic heterocycles. The largest absolute Gasteiger partial charge is 0.494 e. The highest BCUT2D eigenvalue weighted by molar-refractivity contribution is 5.31. The maximum atomic E-state index is 14.2. The van der Waals surface area contributed by atoms with Crippen LogP contribution in [0.15, 0.2) is 18.2 Å². The number of hydrogen-bond acceptors (Lipinski definition) is 3. The number of halogens is 1. The number of aliphatic hydroxyl groups excluding tert-OH is 1. The van der Waals surface area contributed by atoms with Crippen LogP contribution in [-0.4, -0.2) is 42.9 Å². The predicted molar refractivity (Wildman–Crippen MR) is 79.7 cm³/mol. The quantitative estimate of drug-likeness (QED) is 0.835. The van der Waals surface area contributed by atoms with Crippen molar-refractivity contribution in [3.8, 4) is 5.75 Å². The molecule has 1 rings (SSSR count). The molecule has 114 valence electrons. The van der Waals surface area contributed by atoms with Gasteiger partial charge in [0.2, 0.25) is 0 Å².